The maximum absolute atomic E-state index is 8.86. The van der Waals surface area contributed by atoms with Crippen LogP contribution in [0.1, 0.15) is 16.7 Å². The van der Waals surface area contributed by atoms with Crippen LogP contribution >= 0.6 is 0 Å². The van der Waals surface area contributed by atoms with E-state index >= 15 is 0 Å². The summed E-state index contributed by atoms with van der Waals surface area (Å²) in [6, 6.07) is 2.03. The highest BCUT2D eigenvalue weighted by Gasteiger charge is 2.12. The van der Waals surface area contributed by atoms with Crippen LogP contribution < -0.4 is 10.6 Å². The van der Waals surface area contributed by atoms with Crippen LogP contribution in [0.3, 0.4) is 0 Å². The molecule has 5 N–H and O–H groups in total. The fourth-order valence-electron chi connectivity index (χ4n) is 2.26. The van der Waals surface area contributed by atoms with E-state index in [-0.39, 0.29) is 13.2 Å². The number of hydrogen-bond acceptors (Lipinski definition) is 6. The lowest BCUT2D eigenvalue weighted by molar-refractivity contribution is 0.290. The molecule has 0 amide bonds. The number of H-pyrrole nitrogens is 1. The molecule has 1 heterocycles. The van der Waals surface area contributed by atoms with E-state index in [9.17, 15) is 0 Å². The summed E-state index contributed by atoms with van der Waals surface area (Å²) in [4.78, 5) is 0. The maximum atomic E-state index is 8.86. The highest BCUT2D eigenvalue weighted by molar-refractivity contribution is 5.79. The molecule has 0 aliphatic rings. The van der Waals surface area contributed by atoms with Crippen molar-refractivity contribution in [1.29, 1.82) is 0 Å². The molecule has 0 radical (unpaired) electrons. The summed E-state index contributed by atoms with van der Waals surface area (Å²) < 4.78 is 0. The van der Waals surface area contributed by atoms with Gasteiger partial charge in [0.15, 0.2) is 0 Å². The molecule has 0 aliphatic heterocycles. The number of benzene rings is 1. The van der Waals surface area contributed by atoms with Crippen molar-refractivity contribution in [3.63, 3.8) is 0 Å². The highest BCUT2D eigenvalue weighted by atomic mass is 16.3. The smallest absolute Gasteiger partial charge is 0.116 e. The Hall–Kier alpha value is -1.54. The van der Waals surface area contributed by atoms with Crippen molar-refractivity contribution < 1.29 is 10.2 Å². The Kier molecular flexibility index (Phi) is 5.42. The first-order chi connectivity index (χ1) is 9.77. The van der Waals surface area contributed by atoms with E-state index in [1.807, 2.05) is 13.0 Å². The van der Waals surface area contributed by atoms with E-state index in [2.05, 4.69) is 26.0 Å². The van der Waals surface area contributed by atoms with Gasteiger partial charge in [-0.25, -0.2) is 0 Å². The number of aromatic nitrogens is 3. The molecule has 0 fully saturated rings. The van der Waals surface area contributed by atoms with Crippen LogP contribution in [0.4, 0.5) is 0 Å². The first-order valence-corrected chi connectivity index (χ1v) is 6.73. The molecule has 0 spiro atoms. The van der Waals surface area contributed by atoms with Crippen LogP contribution in [0.5, 0.6) is 0 Å². The maximum Gasteiger partial charge on any atom is 0.116 e. The summed E-state index contributed by atoms with van der Waals surface area (Å²) in [6.07, 6.45) is 0. The summed E-state index contributed by atoms with van der Waals surface area (Å²) in [5.41, 5.74) is 5.17. The average Bonchev–Trinajstić information content (AvgIpc) is 2.91. The largest absolute Gasteiger partial charge is 0.395 e. The van der Waals surface area contributed by atoms with Crippen LogP contribution in [0, 0.1) is 6.92 Å². The Morgan fingerprint density at radius 2 is 1.85 bits per heavy atom. The summed E-state index contributed by atoms with van der Waals surface area (Å²) in [5, 5.41) is 34.9. The molecule has 1 aromatic heterocycles. The standard InChI is InChI=1S/C13H21N5O2/c1-9-11(8-15-3-5-20)10(7-14-2-4-19)6-12-13(9)17-18-16-12/h6,14-15,19-20H,2-5,7-8H2,1H3,(H,16,17,18). The molecule has 0 saturated carbocycles. The zero-order valence-electron chi connectivity index (χ0n) is 11.6. The van der Waals surface area contributed by atoms with Crippen LogP contribution in [0.25, 0.3) is 11.0 Å². The van der Waals surface area contributed by atoms with Crippen molar-refractivity contribution in [2.75, 3.05) is 26.3 Å². The number of fused-ring (bicyclic) bond motifs is 1. The van der Waals surface area contributed by atoms with Crippen LogP contribution in [0.2, 0.25) is 0 Å². The zero-order chi connectivity index (χ0) is 14.4. The Bertz CT molecular complexity index is 555. The fraction of sp³-hybridized carbons (Fsp3) is 0.538. The van der Waals surface area contributed by atoms with Crippen molar-refractivity contribution in [3.8, 4) is 0 Å². The summed E-state index contributed by atoms with van der Waals surface area (Å²) >= 11 is 0. The second kappa shape index (κ2) is 7.30. The molecule has 0 saturated heterocycles. The van der Waals surface area contributed by atoms with Gasteiger partial charge in [0.25, 0.3) is 0 Å². The van der Waals surface area contributed by atoms with Crippen molar-refractivity contribution in [3.05, 3.63) is 22.8 Å². The molecule has 7 nitrogen and oxygen atoms in total. The fourth-order valence-corrected chi connectivity index (χ4v) is 2.26. The molecule has 0 aliphatic carbocycles. The lowest BCUT2D eigenvalue weighted by Crippen LogP contribution is -2.22. The number of nitrogens with zero attached hydrogens (tertiary/aromatic N) is 2. The summed E-state index contributed by atoms with van der Waals surface area (Å²) in [6.45, 7) is 4.71. The van der Waals surface area contributed by atoms with Gasteiger partial charge >= 0.3 is 0 Å². The zero-order valence-corrected chi connectivity index (χ0v) is 11.6. The van der Waals surface area contributed by atoms with Gasteiger partial charge in [-0.15, -0.1) is 5.10 Å². The Morgan fingerprint density at radius 1 is 1.15 bits per heavy atom. The summed E-state index contributed by atoms with van der Waals surface area (Å²) in [7, 11) is 0. The molecule has 20 heavy (non-hydrogen) atoms. The van der Waals surface area contributed by atoms with E-state index in [0.29, 0.717) is 26.2 Å². The van der Waals surface area contributed by atoms with Gasteiger partial charge in [0.1, 0.15) is 5.52 Å². The number of aromatic amines is 1. The third-order valence-electron chi connectivity index (χ3n) is 3.28. The van der Waals surface area contributed by atoms with Gasteiger partial charge in [-0.3, -0.25) is 5.10 Å². The van der Waals surface area contributed by atoms with E-state index in [4.69, 9.17) is 10.2 Å². The topological polar surface area (TPSA) is 106 Å². The molecule has 1 aromatic carbocycles. The Morgan fingerprint density at radius 3 is 2.55 bits per heavy atom. The highest BCUT2D eigenvalue weighted by Crippen LogP contribution is 2.22. The number of aryl methyl sites for hydroxylation is 1. The number of hydrogen-bond donors (Lipinski definition) is 5. The van der Waals surface area contributed by atoms with E-state index in [1.54, 1.807) is 0 Å². The third kappa shape index (κ3) is 3.31. The van der Waals surface area contributed by atoms with Gasteiger partial charge in [-0.1, -0.05) is 5.21 Å². The quantitative estimate of drug-likeness (QED) is 0.414. The normalized spacial score (nSPS) is 11.3. The van der Waals surface area contributed by atoms with E-state index < -0.39 is 0 Å². The van der Waals surface area contributed by atoms with Gasteiger partial charge in [0.2, 0.25) is 0 Å². The van der Waals surface area contributed by atoms with Gasteiger partial charge in [-0.05, 0) is 29.7 Å². The monoisotopic (exact) mass is 279 g/mol. The minimum atomic E-state index is 0.114. The van der Waals surface area contributed by atoms with Gasteiger partial charge in [0, 0.05) is 26.2 Å². The van der Waals surface area contributed by atoms with Gasteiger partial charge in [-0.2, -0.15) is 0 Å². The summed E-state index contributed by atoms with van der Waals surface area (Å²) in [5.74, 6) is 0. The molecule has 7 heteroatoms. The molecule has 110 valence electrons. The van der Waals surface area contributed by atoms with E-state index in [0.717, 1.165) is 27.7 Å². The molecule has 0 unspecified atom stereocenters. The SMILES string of the molecule is Cc1c(CNCCO)c(CNCCO)cc2[nH]nnc12. The second-order valence-corrected chi connectivity index (χ2v) is 4.65. The van der Waals surface area contributed by atoms with Gasteiger partial charge in [0.05, 0.1) is 18.7 Å². The molecule has 0 bridgehead atoms. The van der Waals surface area contributed by atoms with Crippen molar-refractivity contribution in [1.82, 2.24) is 26.0 Å². The third-order valence-corrected chi connectivity index (χ3v) is 3.28. The Labute approximate surface area is 117 Å². The predicted molar refractivity (Wildman–Crippen MR) is 76.2 cm³/mol. The first kappa shape index (κ1) is 14.9. The van der Waals surface area contributed by atoms with Crippen LogP contribution in [-0.2, 0) is 13.1 Å². The lowest BCUT2D eigenvalue weighted by atomic mass is 9.99. The molecular formula is C13H21N5O2. The predicted octanol–water partition coefficient (Wildman–Crippen LogP) is -0.570. The first-order valence-electron chi connectivity index (χ1n) is 6.73. The Balaban J connectivity index is 2.27. The van der Waals surface area contributed by atoms with Crippen molar-refractivity contribution in [2.45, 2.75) is 20.0 Å². The number of nitrogens with one attached hydrogen (secondary N) is 3. The van der Waals surface area contributed by atoms with Crippen LogP contribution in [0.15, 0.2) is 6.07 Å². The van der Waals surface area contributed by atoms with Gasteiger partial charge < -0.3 is 20.8 Å². The molecule has 0 atom stereocenters. The average molecular weight is 279 g/mol. The van der Waals surface area contributed by atoms with Crippen molar-refractivity contribution in [2.24, 2.45) is 0 Å². The minimum absolute atomic E-state index is 0.114. The molecular weight excluding hydrogens is 258 g/mol. The lowest BCUT2D eigenvalue weighted by Gasteiger charge is -2.14. The van der Waals surface area contributed by atoms with E-state index in [1.165, 1.54) is 0 Å². The molecule has 2 aromatic rings. The second-order valence-electron chi connectivity index (χ2n) is 4.65. The van der Waals surface area contributed by atoms with Crippen LogP contribution in [-0.4, -0.2) is 51.9 Å². The minimum Gasteiger partial charge on any atom is -0.395 e. The number of aliphatic hydroxyl groups excluding tert-OH is 2. The van der Waals surface area contributed by atoms with Crippen molar-refractivity contribution >= 4 is 11.0 Å². The number of aliphatic hydroxyl groups is 2. The number of rotatable bonds is 8. The molecule has 2 rings (SSSR count).